The third-order valence-electron chi connectivity index (χ3n) is 7.30. The number of hydrogen-bond acceptors (Lipinski definition) is 6. The second-order valence-electron chi connectivity index (χ2n) is 9.96. The summed E-state index contributed by atoms with van der Waals surface area (Å²) in [5, 5.41) is 0. The Morgan fingerprint density at radius 1 is 1.05 bits per heavy atom. The van der Waals surface area contributed by atoms with Crippen molar-refractivity contribution in [2.24, 2.45) is 4.99 Å². The molecule has 1 amide bonds. The normalized spacial score (nSPS) is 17.4. The van der Waals surface area contributed by atoms with Crippen LogP contribution in [-0.4, -0.2) is 29.6 Å². The molecule has 5 rings (SSSR count). The van der Waals surface area contributed by atoms with Crippen LogP contribution < -0.4 is 19.8 Å². The first-order valence-corrected chi connectivity index (χ1v) is 14.6. The number of hydrogen-bond donors (Lipinski definition) is 0. The highest BCUT2D eigenvalue weighted by molar-refractivity contribution is 7.07. The predicted octanol–water partition coefficient (Wildman–Crippen LogP) is 4.65. The molecular weight excluding hydrogens is 522 g/mol. The van der Waals surface area contributed by atoms with Gasteiger partial charge in [0.15, 0.2) is 4.80 Å². The number of benzene rings is 2. The molecule has 0 N–H and O–H groups in total. The maximum absolute atomic E-state index is 14.2. The van der Waals surface area contributed by atoms with Gasteiger partial charge in [-0.2, -0.15) is 0 Å². The summed E-state index contributed by atoms with van der Waals surface area (Å²) < 4.78 is 7.26. The first-order chi connectivity index (χ1) is 19.5. The lowest BCUT2D eigenvalue weighted by Gasteiger charge is -2.24. The van der Waals surface area contributed by atoms with Gasteiger partial charge in [-0.1, -0.05) is 105 Å². The number of fused-ring (bicyclic) bond motifs is 2. The number of rotatable bonds is 10. The van der Waals surface area contributed by atoms with Crippen molar-refractivity contribution in [2.75, 3.05) is 18.1 Å². The molecule has 2 aliphatic rings. The van der Waals surface area contributed by atoms with Gasteiger partial charge in [0.05, 0.1) is 28.6 Å². The predicted molar refractivity (Wildman–Crippen MR) is 158 cm³/mol. The minimum atomic E-state index is -0.731. The number of aromatic nitrogens is 1. The lowest BCUT2D eigenvalue weighted by molar-refractivity contribution is -0.138. The van der Waals surface area contributed by atoms with Crippen molar-refractivity contribution in [1.82, 2.24) is 4.57 Å². The van der Waals surface area contributed by atoms with E-state index in [9.17, 15) is 14.4 Å². The zero-order valence-corrected chi connectivity index (χ0v) is 23.7. The Balaban J connectivity index is 1.65. The quantitative estimate of drug-likeness (QED) is 0.207. The van der Waals surface area contributed by atoms with Crippen molar-refractivity contribution in [1.29, 1.82) is 0 Å². The maximum atomic E-state index is 14.2. The van der Waals surface area contributed by atoms with Gasteiger partial charge in [0.2, 0.25) is 0 Å². The second-order valence-corrected chi connectivity index (χ2v) is 10.9. The number of carbonyl (C=O) groups excluding carboxylic acids is 2. The molecule has 2 aliphatic heterocycles. The number of ether oxygens (including phenoxy) is 1. The van der Waals surface area contributed by atoms with Crippen LogP contribution in [0.3, 0.4) is 0 Å². The molecule has 0 fully saturated rings. The number of esters is 1. The fourth-order valence-electron chi connectivity index (χ4n) is 5.39. The van der Waals surface area contributed by atoms with E-state index in [-0.39, 0.29) is 18.1 Å². The molecule has 0 radical (unpaired) electrons. The smallest absolute Gasteiger partial charge is 0.338 e. The van der Waals surface area contributed by atoms with Gasteiger partial charge in [0.1, 0.15) is 11.1 Å². The molecule has 0 saturated heterocycles. The van der Waals surface area contributed by atoms with Crippen molar-refractivity contribution in [2.45, 2.75) is 52.0 Å². The highest BCUT2D eigenvalue weighted by Crippen LogP contribution is 2.36. The Morgan fingerprint density at radius 3 is 2.52 bits per heavy atom. The Kier molecular flexibility index (Phi) is 8.26. The number of anilines is 1. The molecule has 206 valence electrons. The van der Waals surface area contributed by atoms with Crippen LogP contribution in [0.5, 0.6) is 0 Å². The zero-order valence-electron chi connectivity index (χ0n) is 22.9. The second kappa shape index (κ2) is 12.0. The molecular formula is C32H33N3O4S. The highest BCUT2D eigenvalue weighted by Gasteiger charge is 2.37. The summed E-state index contributed by atoms with van der Waals surface area (Å²) in [5.74, 6) is -0.718. The van der Waals surface area contributed by atoms with Crippen LogP contribution in [0.25, 0.3) is 5.57 Å². The third kappa shape index (κ3) is 4.99. The van der Waals surface area contributed by atoms with Crippen molar-refractivity contribution >= 4 is 34.5 Å². The minimum absolute atomic E-state index is 0.0469. The van der Waals surface area contributed by atoms with Crippen LogP contribution in [0.4, 0.5) is 5.69 Å². The van der Waals surface area contributed by atoms with Crippen molar-refractivity contribution < 1.29 is 14.3 Å². The summed E-state index contributed by atoms with van der Waals surface area (Å²) in [4.78, 5) is 48.2. The minimum Gasteiger partial charge on any atom is -0.458 e. The van der Waals surface area contributed by atoms with Gasteiger partial charge in [-0.25, -0.2) is 9.79 Å². The van der Waals surface area contributed by atoms with Crippen LogP contribution in [-0.2, 0) is 14.3 Å². The largest absolute Gasteiger partial charge is 0.458 e. The Hall–Kier alpha value is -4.04. The summed E-state index contributed by atoms with van der Waals surface area (Å²) in [6, 6.07) is 16.3. The van der Waals surface area contributed by atoms with Crippen LogP contribution in [0.2, 0.25) is 0 Å². The molecule has 1 aromatic heterocycles. The van der Waals surface area contributed by atoms with Crippen LogP contribution in [0.15, 0.2) is 88.3 Å². The molecule has 40 heavy (non-hydrogen) atoms. The molecule has 8 heteroatoms. The van der Waals surface area contributed by atoms with Gasteiger partial charge in [0, 0.05) is 12.1 Å². The lowest BCUT2D eigenvalue weighted by atomic mass is 9.96. The van der Waals surface area contributed by atoms with E-state index < -0.39 is 12.0 Å². The SMILES string of the molecule is C=CCOC(=O)C1=C(C)N=c2sc(=C3C(=O)N(CCCCCCC)c4ccccc43)c(=O)n2C1c1ccccc1. The third-order valence-corrected chi connectivity index (χ3v) is 8.35. The number of para-hydroxylation sites is 1. The summed E-state index contributed by atoms with van der Waals surface area (Å²) >= 11 is 1.19. The fourth-order valence-corrected chi connectivity index (χ4v) is 6.53. The number of allylic oxidation sites excluding steroid dienone is 1. The lowest BCUT2D eigenvalue weighted by Crippen LogP contribution is -2.41. The molecule has 7 nitrogen and oxygen atoms in total. The monoisotopic (exact) mass is 555 g/mol. The van der Waals surface area contributed by atoms with Gasteiger partial charge in [0.25, 0.3) is 11.5 Å². The van der Waals surface area contributed by atoms with E-state index in [0.717, 1.165) is 42.5 Å². The van der Waals surface area contributed by atoms with Crippen LogP contribution >= 0.6 is 11.3 Å². The summed E-state index contributed by atoms with van der Waals surface area (Å²) in [7, 11) is 0. The standard InChI is InChI=1S/C32H33N3O4S/c1-4-6-7-8-14-19-34-24-18-13-12-17-23(24)26(29(34)36)28-30(37)35-27(22-15-10-9-11-16-22)25(31(38)39-20-5-2)21(3)33-32(35)40-28/h5,9-13,15-18,27H,2,4,6-8,14,19-20H2,1,3H3. The van der Waals surface area contributed by atoms with Gasteiger partial charge in [-0.05, 0) is 25.0 Å². The summed E-state index contributed by atoms with van der Waals surface area (Å²) in [5.41, 5.74) is 3.17. The average molecular weight is 556 g/mol. The Labute approximate surface area is 237 Å². The average Bonchev–Trinajstić information content (AvgIpc) is 3.43. The molecule has 0 saturated carbocycles. The van der Waals surface area contributed by atoms with E-state index in [1.54, 1.807) is 11.8 Å². The Morgan fingerprint density at radius 2 is 1.77 bits per heavy atom. The van der Waals surface area contributed by atoms with Gasteiger partial charge >= 0.3 is 5.97 Å². The fraction of sp³-hybridized carbons (Fsp3) is 0.312. The van der Waals surface area contributed by atoms with Gasteiger partial charge < -0.3 is 9.64 Å². The van der Waals surface area contributed by atoms with Crippen molar-refractivity contribution in [3.8, 4) is 0 Å². The molecule has 3 aromatic rings. The number of amides is 1. The molecule has 3 heterocycles. The van der Waals surface area contributed by atoms with E-state index in [4.69, 9.17) is 4.74 Å². The van der Waals surface area contributed by atoms with E-state index in [2.05, 4.69) is 18.5 Å². The van der Waals surface area contributed by atoms with E-state index in [1.165, 1.54) is 28.4 Å². The molecule has 1 unspecified atom stereocenters. The maximum Gasteiger partial charge on any atom is 0.338 e. The number of nitrogens with zero attached hydrogens (tertiary/aromatic N) is 3. The Bertz CT molecular complexity index is 1670. The number of carbonyl (C=O) groups is 2. The summed E-state index contributed by atoms with van der Waals surface area (Å²) in [6.07, 6.45) is 6.94. The van der Waals surface area contributed by atoms with Crippen molar-refractivity contribution in [3.05, 3.63) is 109 Å². The molecule has 1 atom stereocenters. The first kappa shape index (κ1) is 27.5. The molecule has 0 bridgehead atoms. The van der Waals surface area contributed by atoms with E-state index >= 15 is 0 Å². The van der Waals surface area contributed by atoms with Crippen LogP contribution in [0.1, 0.15) is 63.1 Å². The molecule has 2 aromatic carbocycles. The highest BCUT2D eigenvalue weighted by atomic mass is 32.1. The summed E-state index contributed by atoms with van der Waals surface area (Å²) in [6.45, 7) is 8.20. The van der Waals surface area contributed by atoms with Crippen LogP contribution in [0, 0.1) is 0 Å². The number of thiazole rings is 1. The van der Waals surface area contributed by atoms with Crippen molar-refractivity contribution in [3.63, 3.8) is 0 Å². The molecule has 0 spiro atoms. The van der Waals surface area contributed by atoms with Gasteiger partial charge in [-0.3, -0.25) is 14.2 Å². The zero-order chi connectivity index (χ0) is 28.2. The topological polar surface area (TPSA) is 81.0 Å². The van der Waals surface area contributed by atoms with E-state index in [1.807, 2.05) is 54.6 Å². The van der Waals surface area contributed by atoms with E-state index in [0.29, 0.717) is 32.7 Å². The number of unbranched alkanes of at least 4 members (excludes halogenated alkanes) is 4. The first-order valence-electron chi connectivity index (χ1n) is 13.8. The van der Waals surface area contributed by atoms with Gasteiger partial charge in [-0.15, -0.1) is 0 Å². The molecule has 0 aliphatic carbocycles.